The summed E-state index contributed by atoms with van der Waals surface area (Å²) in [6, 6.07) is 10.3. The lowest BCUT2D eigenvalue weighted by Crippen LogP contribution is -2.47. The molecule has 0 aromatic heterocycles. The van der Waals surface area contributed by atoms with Crippen LogP contribution in [0.25, 0.3) is 0 Å². The third-order valence-corrected chi connectivity index (χ3v) is 9.53. The Morgan fingerprint density at radius 1 is 1.06 bits per heavy atom. The van der Waals surface area contributed by atoms with E-state index < -0.39 is 20.5 Å². The van der Waals surface area contributed by atoms with Crippen LogP contribution in [-0.2, 0) is 19.4 Å². The molecule has 8 heteroatoms. The molecule has 0 spiro atoms. The molecule has 32 heavy (non-hydrogen) atoms. The fourth-order valence-electron chi connectivity index (χ4n) is 4.71. The Morgan fingerprint density at radius 3 is 2.44 bits per heavy atom. The van der Waals surface area contributed by atoms with E-state index in [1.807, 2.05) is 13.0 Å². The van der Waals surface area contributed by atoms with Crippen molar-refractivity contribution in [3.05, 3.63) is 52.5 Å². The van der Waals surface area contributed by atoms with Gasteiger partial charge in [-0.05, 0) is 68.5 Å². The largest absolute Gasteiger partial charge is 0.323 e. The predicted octanol–water partition coefficient (Wildman–Crippen LogP) is 4.81. The van der Waals surface area contributed by atoms with E-state index in [2.05, 4.69) is 5.32 Å². The summed E-state index contributed by atoms with van der Waals surface area (Å²) >= 11 is 6.35. The van der Waals surface area contributed by atoms with Gasteiger partial charge in [0.1, 0.15) is 0 Å². The molecule has 1 heterocycles. The molecule has 2 aromatic carbocycles. The molecule has 4 rings (SSSR count). The lowest BCUT2D eigenvalue weighted by atomic mass is 10.1. The van der Waals surface area contributed by atoms with Crippen LogP contribution in [0.3, 0.4) is 0 Å². The van der Waals surface area contributed by atoms with Gasteiger partial charge in [0.15, 0.2) is 14.6 Å². The normalized spacial score (nSPS) is 18.2. The van der Waals surface area contributed by atoms with Crippen LogP contribution in [0.15, 0.2) is 41.3 Å². The number of aryl methyl sites for hydroxylation is 2. The number of halogens is 1. The number of carbonyl (C=O) groups is 2. The molecule has 2 aromatic rings. The average molecular weight is 475 g/mol. The van der Waals surface area contributed by atoms with Crippen molar-refractivity contribution in [3.8, 4) is 0 Å². The van der Waals surface area contributed by atoms with Gasteiger partial charge in [0.25, 0.3) is 0 Å². The number of sulfone groups is 1. The molecule has 0 atom stereocenters. The molecule has 0 unspecified atom stereocenters. The molecule has 170 valence electrons. The third kappa shape index (κ3) is 3.82. The van der Waals surface area contributed by atoms with Crippen LogP contribution in [-0.4, -0.2) is 31.5 Å². The molecule has 0 bridgehead atoms. The van der Waals surface area contributed by atoms with E-state index in [0.717, 1.165) is 12.0 Å². The molecule has 2 aliphatic rings. The molecule has 1 aliphatic carbocycles. The summed E-state index contributed by atoms with van der Waals surface area (Å²) in [7, 11) is -3.94. The summed E-state index contributed by atoms with van der Waals surface area (Å²) in [5, 5.41) is 3.09. The zero-order valence-electron chi connectivity index (χ0n) is 18.3. The summed E-state index contributed by atoms with van der Waals surface area (Å²) < 4.78 is 26.1. The second-order valence-electron chi connectivity index (χ2n) is 8.74. The second-order valence-corrected chi connectivity index (χ2v) is 11.4. The van der Waals surface area contributed by atoms with Crippen molar-refractivity contribution in [2.24, 2.45) is 0 Å². The van der Waals surface area contributed by atoms with E-state index in [0.29, 0.717) is 47.8 Å². The zero-order valence-corrected chi connectivity index (χ0v) is 19.9. The van der Waals surface area contributed by atoms with Crippen LogP contribution in [0, 0.1) is 13.8 Å². The monoisotopic (exact) mass is 474 g/mol. The van der Waals surface area contributed by atoms with E-state index in [4.69, 9.17) is 11.6 Å². The second kappa shape index (κ2) is 8.52. The van der Waals surface area contributed by atoms with Crippen LogP contribution in [0.1, 0.15) is 49.7 Å². The summed E-state index contributed by atoms with van der Waals surface area (Å²) in [6.07, 6.45) is 3.11. The van der Waals surface area contributed by atoms with E-state index in [1.54, 1.807) is 42.2 Å². The SMILES string of the molecule is Cc1ccc(C)c(S(=O)(=O)C2(C(=O)Nc3cc(N4CCCC4=O)ccc3Cl)CCCC2)c1. The van der Waals surface area contributed by atoms with E-state index in [-0.39, 0.29) is 23.6 Å². The van der Waals surface area contributed by atoms with Crippen LogP contribution in [0.4, 0.5) is 11.4 Å². The number of anilines is 2. The highest BCUT2D eigenvalue weighted by atomic mass is 35.5. The summed E-state index contributed by atoms with van der Waals surface area (Å²) in [6.45, 7) is 4.20. The number of rotatable bonds is 5. The molecule has 1 aliphatic heterocycles. The lowest BCUT2D eigenvalue weighted by Gasteiger charge is -2.29. The van der Waals surface area contributed by atoms with Crippen molar-refractivity contribution < 1.29 is 18.0 Å². The van der Waals surface area contributed by atoms with E-state index in [1.165, 1.54) is 0 Å². The van der Waals surface area contributed by atoms with Gasteiger partial charge in [0.2, 0.25) is 11.8 Å². The highest BCUT2D eigenvalue weighted by molar-refractivity contribution is 7.93. The van der Waals surface area contributed by atoms with Crippen molar-refractivity contribution in [1.82, 2.24) is 0 Å². The Balaban J connectivity index is 1.71. The number of hydrogen-bond donors (Lipinski definition) is 1. The molecular weight excluding hydrogens is 448 g/mol. The number of amides is 2. The summed E-state index contributed by atoms with van der Waals surface area (Å²) in [4.78, 5) is 27.6. The van der Waals surface area contributed by atoms with Gasteiger partial charge in [-0.15, -0.1) is 0 Å². The smallest absolute Gasteiger partial charge is 0.246 e. The minimum absolute atomic E-state index is 0.0226. The molecular formula is C24H27ClN2O4S. The Labute approximate surface area is 193 Å². The van der Waals surface area contributed by atoms with Crippen LogP contribution >= 0.6 is 11.6 Å². The van der Waals surface area contributed by atoms with Gasteiger partial charge in [-0.1, -0.05) is 36.6 Å². The number of nitrogens with one attached hydrogen (secondary N) is 1. The van der Waals surface area contributed by atoms with Crippen LogP contribution < -0.4 is 10.2 Å². The number of nitrogens with zero attached hydrogens (tertiary/aromatic N) is 1. The fraction of sp³-hybridized carbons (Fsp3) is 0.417. The topological polar surface area (TPSA) is 83.6 Å². The summed E-state index contributed by atoms with van der Waals surface area (Å²) in [5.41, 5.74) is 2.41. The van der Waals surface area contributed by atoms with E-state index >= 15 is 0 Å². The molecule has 1 saturated heterocycles. The third-order valence-electron chi connectivity index (χ3n) is 6.56. The number of benzene rings is 2. The Kier molecular flexibility index (Phi) is 6.07. The first-order valence-electron chi connectivity index (χ1n) is 10.9. The Morgan fingerprint density at radius 2 is 1.78 bits per heavy atom. The van der Waals surface area contributed by atoms with Crippen molar-refractivity contribution in [1.29, 1.82) is 0 Å². The molecule has 1 saturated carbocycles. The quantitative estimate of drug-likeness (QED) is 0.674. The highest BCUT2D eigenvalue weighted by Crippen LogP contribution is 2.43. The summed E-state index contributed by atoms with van der Waals surface area (Å²) in [5.74, 6) is -0.544. The van der Waals surface area contributed by atoms with Gasteiger partial charge in [-0.2, -0.15) is 0 Å². The maximum Gasteiger partial charge on any atom is 0.246 e. The fourth-order valence-corrected chi connectivity index (χ4v) is 7.25. The predicted molar refractivity (Wildman–Crippen MR) is 126 cm³/mol. The minimum Gasteiger partial charge on any atom is -0.323 e. The standard InChI is InChI=1S/C24H27ClN2O4S/c1-16-7-8-17(2)21(14-16)32(30,31)24(11-3-4-12-24)23(29)26-20-15-18(9-10-19(20)25)27-13-5-6-22(27)28/h7-10,14-15H,3-6,11-13H2,1-2H3,(H,26,29). The van der Waals surface area contributed by atoms with Crippen molar-refractivity contribution in [2.45, 2.75) is 62.0 Å². The van der Waals surface area contributed by atoms with Crippen molar-refractivity contribution >= 4 is 44.6 Å². The van der Waals surface area contributed by atoms with E-state index in [9.17, 15) is 18.0 Å². The Bertz CT molecular complexity index is 1190. The van der Waals surface area contributed by atoms with Crippen molar-refractivity contribution in [3.63, 3.8) is 0 Å². The van der Waals surface area contributed by atoms with Gasteiger partial charge >= 0.3 is 0 Å². The van der Waals surface area contributed by atoms with Gasteiger partial charge < -0.3 is 10.2 Å². The molecule has 6 nitrogen and oxygen atoms in total. The van der Waals surface area contributed by atoms with Crippen molar-refractivity contribution in [2.75, 3.05) is 16.8 Å². The highest BCUT2D eigenvalue weighted by Gasteiger charge is 2.53. The van der Waals surface area contributed by atoms with Gasteiger partial charge in [0, 0.05) is 18.7 Å². The lowest BCUT2D eigenvalue weighted by molar-refractivity contribution is -0.118. The first kappa shape index (κ1) is 22.8. The van der Waals surface area contributed by atoms with Crippen LogP contribution in [0.5, 0.6) is 0 Å². The minimum atomic E-state index is -3.94. The maximum atomic E-state index is 13.8. The first-order chi connectivity index (χ1) is 15.2. The maximum absolute atomic E-state index is 13.8. The van der Waals surface area contributed by atoms with Gasteiger partial charge in [-0.25, -0.2) is 8.42 Å². The molecule has 0 radical (unpaired) electrons. The number of hydrogen-bond acceptors (Lipinski definition) is 4. The molecule has 2 amide bonds. The Hall–Kier alpha value is -2.38. The van der Waals surface area contributed by atoms with Gasteiger partial charge in [-0.3, -0.25) is 9.59 Å². The molecule has 2 fully saturated rings. The van der Waals surface area contributed by atoms with Gasteiger partial charge in [0.05, 0.1) is 15.6 Å². The first-order valence-corrected chi connectivity index (χ1v) is 12.8. The van der Waals surface area contributed by atoms with Crippen LogP contribution in [0.2, 0.25) is 5.02 Å². The molecule has 1 N–H and O–H groups in total. The average Bonchev–Trinajstić information content (AvgIpc) is 3.41. The zero-order chi connectivity index (χ0) is 23.1. The number of carbonyl (C=O) groups excluding carboxylic acids is 2.